The quantitative estimate of drug-likeness (QED) is 0.482. The molecule has 0 saturated heterocycles. The van der Waals surface area contributed by atoms with Crippen LogP contribution >= 0.6 is 0 Å². The van der Waals surface area contributed by atoms with Gasteiger partial charge in [0.15, 0.2) is 5.82 Å². The average molecular weight is 432 g/mol. The maximum atomic E-state index is 13.3. The van der Waals surface area contributed by atoms with E-state index >= 15 is 0 Å². The summed E-state index contributed by atoms with van der Waals surface area (Å²) in [6.07, 6.45) is -3.37. The Morgan fingerprint density at radius 3 is 2.37 bits per heavy atom. The van der Waals surface area contributed by atoms with Crippen LogP contribution in [0.3, 0.4) is 0 Å². The molecule has 1 heterocycles. The van der Waals surface area contributed by atoms with E-state index in [4.69, 9.17) is 9.57 Å². The highest BCUT2D eigenvalue weighted by atomic mass is 19.1. The van der Waals surface area contributed by atoms with Gasteiger partial charge in [-0.1, -0.05) is 20.8 Å². The van der Waals surface area contributed by atoms with E-state index in [0.29, 0.717) is 6.42 Å². The Morgan fingerprint density at radius 2 is 1.90 bits per heavy atom. The largest absolute Gasteiger partial charge is 0.394 e. The topological polar surface area (TPSA) is 123 Å². The number of nitrogens with one attached hydrogen (secondary N) is 1. The van der Waals surface area contributed by atoms with Gasteiger partial charge in [0.2, 0.25) is 0 Å². The highest BCUT2D eigenvalue weighted by Crippen LogP contribution is 2.34. The fourth-order valence-electron chi connectivity index (χ4n) is 3.23. The van der Waals surface area contributed by atoms with Crippen LogP contribution in [0.4, 0.5) is 10.2 Å². The average Bonchev–Trinajstić information content (AvgIpc) is 2.61. The molecule has 9 nitrogen and oxygen atoms in total. The fraction of sp³-hybridized carbons (Fsp3) is 0.750. The van der Waals surface area contributed by atoms with E-state index in [0.717, 1.165) is 11.5 Å². The van der Waals surface area contributed by atoms with Gasteiger partial charge in [-0.3, -0.25) is 4.57 Å². The van der Waals surface area contributed by atoms with Crippen LogP contribution in [0, 0.1) is 10.8 Å². The number of nitrogens with zero attached hydrogens (tertiary/aromatic N) is 2. The molecule has 0 radical (unpaired) electrons. The summed E-state index contributed by atoms with van der Waals surface area (Å²) in [6.45, 7) is 11.6. The van der Waals surface area contributed by atoms with Gasteiger partial charge in [-0.25, -0.2) is 19.5 Å². The first-order chi connectivity index (χ1) is 13.7. The molecule has 1 aromatic rings. The Labute approximate surface area is 176 Å². The monoisotopic (exact) mass is 431 g/mol. The lowest BCUT2D eigenvalue weighted by atomic mass is 9.76. The normalized spacial score (nSPS) is 16.5. The maximum absolute atomic E-state index is 13.3. The molecule has 0 aliphatic rings. The molecular formula is C20H34FN3O6. The lowest BCUT2D eigenvalue weighted by Crippen LogP contribution is -2.40. The minimum Gasteiger partial charge on any atom is -0.394 e. The zero-order valence-corrected chi connectivity index (χ0v) is 18.7. The van der Waals surface area contributed by atoms with Gasteiger partial charge in [0.1, 0.15) is 24.6 Å². The van der Waals surface area contributed by atoms with Gasteiger partial charge >= 0.3 is 11.7 Å². The number of carbonyl (C=O) groups is 1. The number of anilines is 1. The highest BCUT2D eigenvalue weighted by molar-refractivity contribution is 5.76. The number of hydrogen-bond donors (Lipinski definition) is 3. The van der Waals surface area contributed by atoms with Gasteiger partial charge in [0.05, 0.1) is 12.0 Å². The van der Waals surface area contributed by atoms with Crippen molar-refractivity contribution < 1.29 is 29.0 Å². The standard InChI is InChI=1S/C20H34FN3O6/c1-12(21)16(26)14(10-25)29-13(2)24-9-8-15(22-18(24)28)23-30-17(27)20(6,7)11-19(3,4)5/h8-9,12-14,16,25-26H,10-11H2,1-7H3,(H,22,23,28)/t12?,13-,14?,16?/m1/s1. The molecule has 0 fully saturated rings. The molecule has 4 atom stereocenters. The van der Waals surface area contributed by atoms with E-state index in [1.807, 2.05) is 20.8 Å². The zero-order valence-electron chi connectivity index (χ0n) is 18.7. The first kappa shape index (κ1) is 26.0. The summed E-state index contributed by atoms with van der Waals surface area (Å²) in [5, 5.41) is 19.0. The SMILES string of the molecule is CC(F)C(O)C(CO)O[C@H](C)n1ccc(NOC(=O)C(C)(C)CC(C)(C)C)nc1=O. The summed E-state index contributed by atoms with van der Waals surface area (Å²) >= 11 is 0. The minimum atomic E-state index is -1.62. The van der Waals surface area contributed by atoms with Crippen molar-refractivity contribution in [1.29, 1.82) is 0 Å². The van der Waals surface area contributed by atoms with Gasteiger partial charge in [0.25, 0.3) is 0 Å². The molecular weight excluding hydrogens is 397 g/mol. The predicted molar refractivity (Wildman–Crippen MR) is 109 cm³/mol. The van der Waals surface area contributed by atoms with Gasteiger partial charge < -0.3 is 19.8 Å². The molecule has 3 N–H and O–H groups in total. The van der Waals surface area contributed by atoms with E-state index < -0.39 is 48.3 Å². The van der Waals surface area contributed by atoms with Crippen molar-refractivity contribution in [2.45, 2.75) is 79.5 Å². The van der Waals surface area contributed by atoms with Crippen LogP contribution in [0.1, 0.15) is 61.1 Å². The molecule has 0 aromatic carbocycles. The molecule has 1 rings (SSSR count). The number of ether oxygens (including phenoxy) is 1. The third-order valence-electron chi connectivity index (χ3n) is 4.40. The van der Waals surface area contributed by atoms with E-state index in [1.165, 1.54) is 19.2 Å². The zero-order chi connectivity index (χ0) is 23.3. The predicted octanol–water partition coefficient (Wildman–Crippen LogP) is 2.19. The van der Waals surface area contributed by atoms with Crippen molar-refractivity contribution in [3.05, 3.63) is 22.7 Å². The van der Waals surface area contributed by atoms with Crippen molar-refractivity contribution >= 4 is 11.8 Å². The van der Waals surface area contributed by atoms with Crippen molar-refractivity contribution in [2.24, 2.45) is 10.8 Å². The minimum absolute atomic E-state index is 0.0273. The van der Waals surface area contributed by atoms with Crippen molar-refractivity contribution in [2.75, 3.05) is 12.1 Å². The van der Waals surface area contributed by atoms with Gasteiger partial charge in [-0.15, -0.1) is 0 Å². The van der Waals surface area contributed by atoms with Crippen LogP contribution < -0.4 is 11.2 Å². The van der Waals surface area contributed by atoms with Crippen molar-refractivity contribution in [1.82, 2.24) is 9.55 Å². The fourth-order valence-corrected chi connectivity index (χ4v) is 3.23. The number of carbonyl (C=O) groups excluding carboxylic acids is 1. The van der Waals surface area contributed by atoms with Crippen LogP contribution in [-0.4, -0.2) is 50.7 Å². The molecule has 10 heteroatoms. The van der Waals surface area contributed by atoms with E-state index in [9.17, 15) is 24.2 Å². The number of hydrogen-bond acceptors (Lipinski definition) is 8. The van der Waals surface area contributed by atoms with Crippen LogP contribution in [-0.2, 0) is 14.4 Å². The van der Waals surface area contributed by atoms with E-state index in [-0.39, 0.29) is 11.2 Å². The Morgan fingerprint density at radius 1 is 1.30 bits per heavy atom. The van der Waals surface area contributed by atoms with Gasteiger partial charge in [-0.05, 0) is 39.5 Å². The summed E-state index contributed by atoms with van der Waals surface area (Å²) in [7, 11) is 0. The molecule has 0 aliphatic heterocycles. The number of alkyl halides is 1. The lowest BCUT2D eigenvalue weighted by molar-refractivity contribution is -0.152. The number of aromatic nitrogens is 2. The summed E-state index contributed by atoms with van der Waals surface area (Å²) in [4.78, 5) is 33.5. The second kappa shape index (κ2) is 10.3. The third kappa shape index (κ3) is 7.66. The Bertz CT molecular complexity index is 760. The van der Waals surface area contributed by atoms with Crippen LogP contribution in [0.15, 0.2) is 17.1 Å². The maximum Gasteiger partial charge on any atom is 0.351 e. The number of rotatable bonds is 10. The molecule has 0 spiro atoms. The lowest BCUT2D eigenvalue weighted by Gasteiger charge is -2.30. The van der Waals surface area contributed by atoms with Gasteiger partial charge in [-0.2, -0.15) is 4.98 Å². The molecule has 3 unspecified atom stereocenters. The summed E-state index contributed by atoms with van der Waals surface area (Å²) in [5.41, 5.74) is 0.847. The van der Waals surface area contributed by atoms with Crippen molar-refractivity contribution in [3.8, 4) is 0 Å². The molecule has 0 aliphatic carbocycles. The summed E-state index contributed by atoms with van der Waals surface area (Å²) in [6, 6.07) is 1.40. The first-order valence-corrected chi connectivity index (χ1v) is 9.83. The Hall–Kier alpha value is -2.04. The molecule has 30 heavy (non-hydrogen) atoms. The molecule has 1 aromatic heterocycles. The second-order valence-electron chi connectivity index (χ2n) is 9.24. The molecule has 0 bridgehead atoms. The second-order valence-corrected chi connectivity index (χ2v) is 9.24. The molecule has 172 valence electrons. The van der Waals surface area contributed by atoms with E-state index in [1.54, 1.807) is 13.8 Å². The molecule has 0 saturated carbocycles. The van der Waals surface area contributed by atoms with Crippen LogP contribution in [0.2, 0.25) is 0 Å². The van der Waals surface area contributed by atoms with Crippen LogP contribution in [0.25, 0.3) is 0 Å². The Kier molecular flexibility index (Phi) is 8.94. The molecule has 0 amide bonds. The summed E-state index contributed by atoms with van der Waals surface area (Å²) < 4.78 is 19.8. The third-order valence-corrected chi connectivity index (χ3v) is 4.40. The van der Waals surface area contributed by atoms with Crippen LogP contribution in [0.5, 0.6) is 0 Å². The van der Waals surface area contributed by atoms with Crippen molar-refractivity contribution in [3.63, 3.8) is 0 Å². The Balaban J connectivity index is 2.80. The van der Waals surface area contributed by atoms with E-state index in [2.05, 4.69) is 10.5 Å². The number of aliphatic hydroxyl groups is 2. The number of aliphatic hydroxyl groups excluding tert-OH is 2. The van der Waals surface area contributed by atoms with Gasteiger partial charge in [0, 0.05) is 12.3 Å². The smallest absolute Gasteiger partial charge is 0.351 e. The first-order valence-electron chi connectivity index (χ1n) is 9.83. The highest BCUT2D eigenvalue weighted by Gasteiger charge is 2.34. The summed E-state index contributed by atoms with van der Waals surface area (Å²) in [5.74, 6) is -0.459. The number of halogens is 1.